The molecular formula is C13H21NO2. The summed E-state index contributed by atoms with van der Waals surface area (Å²) in [6.45, 7) is 7.91. The monoisotopic (exact) mass is 223 g/mol. The number of carbonyl (C=O) groups is 1. The van der Waals surface area contributed by atoms with Gasteiger partial charge in [-0.3, -0.25) is 9.69 Å². The highest BCUT2D eigenvalue weighted by molar-refractivity contribution is 5.91. The van der Waals surface area contributed by atoms with Crippen LogP contribution >= 0.6 is 0 Å². The molecular weight excluding hydrogens is 202 g/mol. The number of ketones is 1. The van der Waals surface area contributed by atoms with E-state index in [4.69, 9.17) is 4.74 Å². The third-order valence-corrected chi connectivity index (χ3v) is 3.57. The Kier molecular flexibility index (Phi) is 3.45. The molecule has 0 spiro atoms. The lowest BCUT2D eigenvalue weighted by molar-refractivity contribution is -0.117. The maximum atomic E-state index is 11.5. The molecule has 1 unspecified atom stereocenters. The van der Waals surface area contributed by atoms with Crippen LogP contribution in [0.1, 0.15) is 27.2 Å². The molecule has 3 heteroatoms. The highest BCUT2D eigenvalue weighted by Gasteiger charge is 2.40. The molecule has 0 aromatic rings. The molecule has 0 N–H and O–H groups in total. The van der Waals surface area contributed by atoms with Gasteiger partial charge in [0.15, 0.2) is 5.78 Å². The summed E-state index contributed by atoms with van der Waals surface area (Å²) < 4.78 is 5.56. The molecule has 2 heterocycles. The van der Waals surface area contributed by atoms with Gasteiger partial charge < -0.3 is 4.74 Å². The van der Waals surface area contributed by atoms with E-state index >= 15 is 0 Å². The Balaban J connectivity index is 1.89. The average Bonchev–Trinajstić information content (AvgIpc) is 2.86. The normalized spacial score (nSPS) is 31.8. The lowest BCUT2D eigenvalue weighted by Gasteiger charge is -2.30. The van der Waals surface area contributed by atoms with Crippen LogP contribution in [0.25, 0.3) is 0 Å². The predicted molar refractivity (Wildman–Crippen MR) is 63.3 cm³/mol. The van der Waals surface area contributed by atoms with Gasteiger partial charge in [0.05, 0.1) is 12.7 Å². The van der Waals surface area contributed by atoms with E-state index in [1.807, 2.05) is 19.9 Å². The van der Waals surface area contributed by atoms with Crippen LogP contribution in [0.2, 0.25) is 0 Å². The molecule has 0 aromatic carbocycles. The summed E-state index contributed by atoms with van der Waals surface area (Å²) in [6.07, 6.45) is 5.36. The Morgan fingerprint density at radius 3 is 2.69 bits per heavy atom. The van der Waals surface area contributed by atoms with Crippen molar-refractivity contribution in [2.75, 3.05) is 13.2 Å². The van der Waals surface area contributed by atoms with Crippen LogP contribution < -0.4 is 0 Å². The molecule has 0 aliphatic carbocycles. The molecule has 2 bridgehead atoms. The van der Waals surface area contributed by atoms with Crippen molar-refractivity contribution in [3.05, 3.63) is 12.2 Å². The van der Waals surface area contributed by atoms with Crippen LogP contribution in [0.15, 0.2) is 12.2 Å². The van der Waals surface area contributed by atoms with Gasteiger partial charge in [0.2, 0.25) is 0 Å². The molecule has 0 saturated carbocycles. The molecule has 2 fully saturated rings. The second-order valence-corrected chi connectivity index (χ2v) is 5.20. The summed E-state index contributed by atoms with van der Waals surface area (Å²) in [5.41, 5.74) is 0. The number of likely N-dealkylation sites (tertiary alicyclic amines) is 1. The highest BCUT2D eigenvalue weighted by Crippen LogP contribution is 2.29. The van der Waals surface area contributed by atoms with Crippen molar-refractivity contribution in [2.45, 2.75) is 45.4 Å². The number of fused-ring (bicyclic) bond motifs is 2. The Labute approximate surface area is 97.5 Å². The lowest BCUT2D eigenvalue weighted by atomic mass is 10.1. The molecule has 2 aliphatic heterocycles. The van der Waals surface area contributed by atoms with Gasteiger partial charge in [-0.05, 0) is 19.4 Å². The van der Waals surface area contributed by atoms with Crippen molar-refractivity contribution in [1.82, 2.24) is 4.90 Å². The molecule has 90 valence electrons. The van der Waals surface area contributed by atoms with Crippen LogP contribution in [-0.4, -0.2) is 42.0 Å². The quantitative estimate of drug-likeness (QED) is 0.678. The molecule has 0 amide bonds. The van der Waals surface area contributed by atoms with E-state index in [0.717, 1.165) is 19.6 Å². The number of hydrogen-bond donors (Lipinski definition) is 0. The number of nitrogens with zero attached hydrogens (tertiary/aromatic N) is 1. The Morgan fingerprint density at radius 2 is 2.19 bits per heavy atom. The zero-order valence-electron chi connectivity index (χ0n) is 10.3. The minimum absolute atomic E-state index is 0.0989. The highest BCUT2D eigenvalue weighted by atomic mass is 16.5. The lowest BCUT2D eigenvalue weighted by Crippen LogP contribution is -2.42. The molecule has 2 saturated heterocycles. The van der Waals surface area contributed by atoms with E-state index in [2.05, 4.69) is 11.8 Å². The van der Waals surface area contributed by atoms with Crippen molar-refractivity contribution >= 4 is 5.78 Å². The molecule has 2 rings (SSSR count). The number of morpholine rings is 1. The summed E-state index contributed by atoms with van der Waals surface area (Å²) in [7, 11) is 0. The van der Waals surface area contributed by atoms with Crippen LogP contribution in [0.5, 0.6) is 0 Å². The molecule has 0 aromatic heterocycles. The van der Waals surface area contributed by atoms with Crippen molar-refractivity contribution in [3.63, 3.8) is 0 Å². The van der Waals surface area contributed by atoms with Crippen LogP contribution in [0.4, 0.5) is 0 Å². The number of ether oxygens (including phenoxy) is 1. The molecule has 0 radical (unpaired) electrons. The number of rotatable bonds is 4. The number of allylic oxidation sites excluding steroid dienone is 1. The third-order valence-electron chi connectivity index (χ3n) is 3.57. The summed E-state index contributed by atoms with van der Waals surface area (Å²) in [4.78, 5) is 13.9. The molecule has 2 aliphatic rings. The topological polar surface area (TPSA) is 29.5 Å². The number of hydrogen-bond acceptors (Lipinski definition) is 3. The zero-order valence-corrected chi connectivity index (χ0v) is 10.3. The fraction of sp³-hybridized carbons (Fsp3) is 0.769. The van der Waals surface area contributed by atoms with Gasteiger partial charge in [-0.15, -0.1) is 0 Å². The van der Waals surface area contributed by atoms with E-state index in [0.29, 0.717) is 18.2 Å². The smallest absolute Gasteiger partial charge is 0.157 e. The molecule has 16 heavy (non-hydrogen) atoms. The van der Waals surface area contributed by atoms with Crippen molar-refractivity contribution < 1.29 is 9.53 Å². The van der Waals surface area contributed by atoms with Crippen LogP contribution in [-0.2, 0) is 9.53 Å². The van der Waals surface area contributed by atoms with Crippen LogP contribution in [0.3, 0.4) is 0 Å². The standard InChI is InChI=1S/C13H21NO2/c1-9(2)13(15)5-4-10(3)14-7-12-6-11(14)8-16-12/h4-5,9-12H,6-8H2,1-3H3/b5-4+/t10?,11-,12-/m0/s1. The van der Waals surface area contributed by atoms with Crippen molar-refractivity contribution in [1.29, 1.82) is 0 Å². The van der Waals surface area contributed by atoms with E-state index in [1.54, 1.807) is 6.08 Å². The zero-order chi connectivity index (χ0) is 11.7. The van der Waals surface area contributed by atoms with Gasteiger partial charge in [-0.25, -0.2) is 0 Å². The summed E-state index contributed by atoms with van der Waals surface area (Å²) in [6, 6.07) is 0.917. The first-order valence-corrected chi connectivity index (χ1v) is 6.17. The van der Waals surface area contributed by atoms with E-state index in [-0.39, 0.29) is 11.7 Å². The Hall–Kier alpha value is -0.670. The average molecular weight is 223 g/mol. The third kappa shape index (κ3) is 2.36. The van der Waals surface area contributed by atoms with E-state index in [9.17, 15) is 4.79 Å². The van der Waals surface area contributed by atoms with Crippen molar-refractivity contribution in [3.8, 4) is 0 Å². The molecule has 3 atom stereocenters. The largest absolute Gasteiger partial charge is 0.375 e. The van der Waals surface area contributed by atoms with Crippen LogP contribution in [0, 0.1) is 5.92 Å². The number of carbonyl (C=O) groups excluding carboxylic acids is 1. The predicted octanol–water partition coefficient (Wildman–Crippen LogP) is 1.63. The van der Waals surface area contributed by atoms with Gasteiger partial charge in [-0.2, -0.15) is 0 Å². The first kappa shape index (κ1) is 11.8. The SMILES string of the molecule is CC(C)C(=O)/C=C/C(C)N1C[C@@H]2C[C@H]1CO2. The summed E-state index contributed by atoms with van der Waals surface area (Å²) in [5.74, 6) is 0.314. The van der Waals surface area contributed by atoms with E-state index in [1.165, 1.54) is 0 Å². The summed E-state index contributed by atoms with van der Waals surface area (Å²) in [5, 5.41) is 0. The van der Waals surface area contributed by atoms with E-state index < -0.39 is 0 Å². The van der Waals surface area contributed by atoms with Gasteiger partial charge in [0.25, 0.3) is 0 Å². The van der Waals surface area contributed by atoms with Gasteiger partial charge >= 0.3 is 0 Å². The minimum atomic E-state index is 0.0989. The van der Waals surface area contributed by atoms with Gasteiger partial charge in [0, 0.05) is 24.5 Å². The minimum Gasteiger partial charge on any atom is -0.375 e. The summed E-state index contributed by atoms with van der Waals surface area (Å²) >= 11 is 0. The maximum Gasteiger partial charge on any atom is 0.157 e. The Morgan fingerprint density at radius 1 is 1.44 bits per heavy atom. The van der Waals surface area contributed by atoms with Gasteiger partial charge in [0.1, 0.15) is 0 Å². The maximum absolute atomic E-state index is 11.5. The fourth-order valence-corrected chi connectivity index (χ4v) is 2.47. The first-order chi connectivity index (χ1) is 7.58. The fourth-order valence-electron chi connectivity index (χ4n) is 2.47. The second kappa shape index (κ2) is 4.68. The van der Waals surface area contributed by atoms with Crippen molar-refractivity contribution in [2.24, 2.45) is 5.92 Å². The van der Waals surface area contributed by atoms with Gasteiger partial charge in [-0.1, -0.05) is 19.9 Å². The second-order valence-electron chi connectivity index (χ2n) is 5.20. The Bertz CT molecular complexity index is 298. The first-order valence-electron chi connectivity index (χ1n) is 6.17. The molecule has 3 nitrogen and oxygen atoms in total.